The molecule has 0 radical (unpaired) electrons. The van der Waals surface area contributed by atoms with Crippen LogP contribution in [0.4, 0.5) is 11.4 Å². The van der Waals surface area contributed by atoms with Crippen molar-refractivity contribution < 1.29 is 14.7 Å². The van der Waals surface area contributed by atoms with Crippen LogP contribution in [0.3, 0.4) is 0 Å². The van der Waals surface area contributed by atoms with E-state index in [1.54, 1.807) is 23.1 Å². The van der Waals surface area contributed by atoms with Gasteiger partial charge in [-0.1, -0.05) is 0 Å². The summed E-state index contributed by atoms with van der Waals surface area (Å²) in [5.41, 5.74) is 2.02. The first-order valence-electron chi connectivity index (χ1n) is 6.40. The van der Waals surface area contributed by atoms with E-state index >= 15 is 0 Å². The highest BCUT2D eigenvalue weighted by atomic mass is 32.1. The van der Waals surface area contributed by atoms with Crippen LogP contribution in [0.1, 0.15) is 29.6 Å². The van der Waals surface area contributed by atoms with Crippen LogP contribution < -0.4 is 0 Å². The maximum Gasteiger partial charge on any atom is 0.305 e. The number of fused-ring (bicyclic) bond motifs is 1. The number of amides is 1. The summed E-state index contributed by atoms with van der Waals surface area (Å²) in [5, 5.41) is 8.90. The van der Waals surface area contributed by atoms with Gasteiger partial charge in [0.25, 0.3) is 5.91 Å². The molecule has 2 aliphatic heterocycles. The summed E-state index contributed by atoms with van der Waals surface area (Å²) in [7, 11) is 0. The summed E-state index contributed by atoms with van der Waals surface area (Å²) in [6.45, 7) is 0.615. The molecule has 0 aliphatic carbocycles. The van der Waals surface area contributed by atoms with Crippen molar-refractivity contribution in [3.8, 4) is 0 Å². The molecule has 0 unspecified atom stereocenters. The van der Waals surface area contributed by atoms with Crippen LogP contribution in [-0.2, 0) is 16.1 Å². The number of carbonyl (C=O) groups excluding carboxylic acids is 1. The van der Waals surface area contributed by atoms with Crippen LogP contribution in [0.15, 0.2) is 26.9 Å². The Morgan fingerprint density at radius 3 is 2.95 bits per heavy atom. The van der Waals surface area contributed by atoms with E-state index in [9.17, 15) is 9.59 Å². The lowest BCUT2D eigenvalue weighted by Crippen LogP contribution is -2.36. The average Bonchev–Trinajstić information content (AvgIpc) is 3.04. The second kappa shape index (κ2) is 5.16. The second-order valence-corrected chi connectivity index (χ2v) is 5.39. The highest BCUT2D eigenvalue weighted by molar-refractivity contribution is 7.58. The van der Waals surface area contributed by atoms with Crippen molar-refractivity contribution in [3.05, 3.63) is 23.8 Å². The Hall–Kier alpha value is -2.02. The van der Waals surface area contributed by atoms with Gasteiger partial charge in [0, 0.05) is 18.2 Å². The van der Waals surface area contributed by atoms with Gasteiger partial charge >= 0.3 is 5.97 Å². The molecule has 0 bridgehead atoms. The summed E-state index contributed by atoms with van der Waals surface area (Å²) in [5.74, 6) is -0.988. The maximum atomic E-state index is 12.5. The fourth-order valence-corrected chi connectivity index (χ4v) is 3.12. The first-order chi connectivity index (χ1) is 9.65. The third-order valence-electron chi connectivity index (χ3n) is 3.55. The van der Waals surface area contributed by atoms with Crippen molar-refractivity contribution in [2.45, 2.75) is 25.3 Å². The van der Waals surface area contributed by atoms with Gasteiger partial charge in [0.05, 0.1) is 17.8 Å². The van der Waals surface area contributed by atoms with E-state index in [4.69, 9.17) is 5.11 Å². The van der Waals surface area contributed by atoms with Gasteiger partial charge in [0.15, 0.2) is 0 Å². The zero-order chi connectivity index (χ0) is 14.1. The minimum Gasteiger partial charge on any atom is -0.481 e. The van der Waals surface area contributed by atoms with Crippen molar-refractivity contribution in [3.63, 3.8) is 0 Å². The number of benzene rings is 1. The predicted molar refractivity (Wildman–Crippen MR) is 74.3 cm³/mol. The van der Waals surface area contributed by atoms with Crippen LogP contribution >= 0.6 is 0 Å². The normalized spacial score (nSPS) is 19.8. The smallest absolute Gasteiger partial charge is 0.305 e. The van der Waals surface area contributed by atoms with Gasteiger partial charge in [-0.25, -0.2) is 0 Å². The third-order valence-corrected chi connectivity index (χ3v) is 4.11. The fraction of sp³-hybridized carbons (Fsp3) is 0.385. The van der Waals surface area contributed by atoms with Gasteiger partial charge < -0.3 is 10.0 Å². The monoisotopic (exact) mass is 291 g/mol. The molecule has 104 valence electrons. The number of nitrogens with zero attached hydrogens (tertiary/aromatic N) is 3. The van der Waals surface area contributed by atoms with Crippen molar-refractivity contribution in [1.82, 2.24) is 4.90 Å². The molecule has 3 rings (SSSR count). The molecule has 1 saturated heterocycles. The van der Waals surface area contributed by atoms with E-state index in [1.807, 2.05) is 0 Å². The van der Waals surface area contributed by atoms with Crippen LogP contribution in [0.25, 0.3) is 0 Å². The molecule has 2 heterocycles. The lowest BCUT2D eigenvalue weighted by molar-refractivity contribution is -0.137. The molecule has 1 N–H and O–H groups in total. The van der Waals surface area contributed by atoms with Gasteiger partial charge in [-0.2, -0.15) is 8.73 Å². The number of carbonyl (C=O) groups is 2. The molecule has 1 amide bonds. The fourth-order valence-electron chi connectivity index (χ4n) is 2.60. The first-order valence-corrected chi connectivity index (χ1v) is 7.13. The van der Waals surface area contributed by atoms with E-state index in [1.165, 1.54) is 0 Å². The lowest BCUT2D eigenvalue weighted by Gasteiger charge is -2.23. The topological polar surface area (TPSA) is 82.3 Å². The average molecular weight is 291 g/mol. The Morgan fingerprint density at radius 1 is 1.35 bits per heavy atom. The molecule has 1 fully saturated rings. The third kappa shape index (κ3) is 2.36. The van der Waals surface area contributed by atoms with Crippen LogP contribution in [0.5, 0.6) is 0 Å². The van der Waals surface area contributed by atoms with E-state index in [-0.39, 0.29) is 18.4 Å². The van der Waals surface area contributed by atoms with Crippen LogP contribution in [0.2, 0.25) is 0 Å². The lowest BCUT2D eigenvalue weighted by atomic mass is 10.1. The number of hydrogen-bond donors (Lipinski definition) is 1. The number of aliphatic carboxylic acids is 1. The van der Waals surface area contributed by atoms with E-state index in [0.29, 0.717) is 17.8 Å². The number of likely N-dealkylation sites (tertiary alicyclic amines) is 1. The number of carboxylic acids is 1. The molecule has 1 aromatic carbocycles. The van der Waals surface area contributed by atoms with Gasteiger partial charge in [0.1, 0.15) is 11.4 Å². The molecule has 0 spiro atoms. The van der Waals surface area contributed by atoms with Crippen molar-refractivity contribution in [1.29, 1.82) is 0 Å². The SMILES string of the molecule is O=C(O)C[C@H]1CCCN1C(=O)c1ccc2c(c1)N=S=N2. The van der Waals surface area contributed by atoms with Gasteiger partial charge in [-0.05, 0) is 31.0 Å². The molecule has 20 heavy (non-hydrogen) atoms. The van der Waals surface area contributed by atoms with Crippen molar-refractivity contribution >= 4 is 34.6 Å². The molecule has 6 nitrogen and oxygen atoms in total. The quantitative estimate of drug-likeness (QED) is 0.943. The van der Waals surface area contributed by atoms with Crippen LogP contribution in [-0.4, -0.2) is 34.5 Å². The summed E-state index contributed by atoms with van der Waals surface area (Å²) in [6.07, 6.45) is 1.61. The van der Waals surface area contributed by atoms with E-state index < -0.39 is 5.97 Å². The zero-order valence-corrected chi connectivity index (χ0v) is 11.5. The van der Waals surface area contributed by atoms with Crippen molar-refractivity contribution in [2.75, 3.05) is 6.54 Å². The van der Waals surface area contributed by atoms with Gasteiger partial charge in [-0.15, -0.1) is 0 Å². The Labute approximate surface area is 119 Å². The second-order valence-electron chi connectivity index (χ2n) is 4.86. The maximum absolute atomic E-state index is 12.5. The van der Waals surface area contributed by atoms with Gasteiger partial charge in [-0.3, -0.25) is 9.59 Å². The molecule has 1 aromatic rings. The molecule has 1 atom stereocenters. The summed E-state index contributed by atoms with van der Waals surface area (Å²) < 4.78 is 8.22. The molecular formula is C13H13N3O3S. The molecule has 0 saturated carbocycles. The molecule has 7 heteroatoms. The van der Waals surface area contributed by atoms with E-state index in [0.717, 1.165) is 29.9 Å². The number of hydrogen-bond acceptors (Lipinski definition) is 4. The standard InChI is InChI=1S/C13H13N3O3S/c17-12(18)7-9-2-1-5-16(9)13(19)8-3-4-10-11(6-8)15-20-14-10/h3-4,6,9H,1-2,5,7H2,(H,17,18)/t9-/m1/s1. The Bertz CT molecular complexity index is 652. The molecule has 2 aliphatic rings. The number of rotatable bonds is 3. The zero-order valence-electron chi connectivity index (χ0n) is 10.7. The molecule has 0 aromatic heterocycles. The Kier molecular flexibility index (Phi) is 3.35. The summed E-state index contributed by atoms with van der Waals surface area (Å²) >= 11 is 1.11. The molecular weight excluding hydrogens is 278 g/mol. The number of carboxylic acid groups (broad SMARTS) is 1. The first kappa shape index (κ1) is 13.0. The van der Waals surface area contributed by atoms with E-state index in [2.05, 4.69) is 8.73 Å². The highest BCUT2D eigenvalue weighted by Gasteiger charge is 2.31. The predicted octanol–water partition coefficient (Wildman–Crippen LogP) is 2.49. The van der Waals surface area contributed by atoms with Crippen LogP contribution in [0, 0.1) is 0 Å². The van der Waals surface area contributed by atoms with Gasteiger partial charge in [0.2, 0.25) is 0 Å². The Balaban J connectivity index is 1.81. The summed E-state index contributed by atoms with van der Waals surface area (Å²) in [4.78, 5) is 25.0. The Morgan fingerprint density at radius 2 is 2.15 bits per heavy atom. The highest BCUT2D eigenvalue weighted by Crippen LogP contribution is 2.33. The largest absolute Gasteiger partial charge is 0.481 e. The minimum atomic E-state index is -0.867. The minimum absolute atomic E-state index is 0.00619. The van der Waals surface area contributed by atoms with Crippen molar-refractivity contribution in [2.24, 2.45) is 8.73 Å². The summed E-state index contributed by atoms with van der Waals surface area (Å²) in [6, 6.07) is 5.01.